The summed E-state index contributed by atoms with van der Waals surface area (Å²) in [5.74, 6) is -0.992. The first-order chi connectivity index (χ1) is 33.0. The topological polar surface area (TPSA) is 78.9 Å². The molecule has 0 aromatic carbocycles. The Morgan fingerprint density at radius 2 is 0.582 bits per heavy atom. The average molecular weight is 929 g/mol. The Labute approximate surface area is 412 Å². The van der Waals surface area contributed by atoms with Gasteiger partial charge in [-0.25, -0.2) is 0 Å². The van der Waals surface area contributed by atoms with Crippen molar-refractivity contribution in [3.8, 4) is 0 Å². The second-order valence-corrected chi connectivity index (χ2v) is 17.7. The summed E-state index contributed by atoms with van der Waals surface area (Å²) in [7, 11) is 0. The summed E-state index contributed by atoms with van der Waals surface area (Å²) in [5, 5.41) is 0. The Morgan fingerprint density at radius 3 is 1.00 bits per heavy atom. The van der Waals surface area contributed by atoms with Crippen molar-refractivity contribution in [3.63, 3.8) is 0 Å². The molecule has 0 aliphatic heterocycles. The molecule has 0 aromatic rings. The van der Waals surface area contributed by atoms with E-state index in [1.165, 1.54) is 77.0 Å². The van der Waals surface area contributed by atoms with Crippen LogP contribution in [-0.2, 0) is 28.6 Å². The molecule has 0 fully saturated rings. The van der Waals surface area contributed by atoms with Crippen LogP contribution in [0.2, 0.25) is 0 Å². The largest absolute Gasteiger partial charge is 0.462 e. The zero-order chi connectivity index (χ0) is 48.6. The zero-order valence-electron chi connectivity index (χ0n) is 43.4. The smallest absolute Gasteiger partial charge is 0.306 e. The third-order valence-corrected chi connectivity index (χ3v) is 11.2. The van der Waals surface area contributed by atoms with Crippen LogP contribution in [0.15, 0.2) is 109 Å². The fourth-order valence-electron chi connectivity index (χ4n) is 7.12. The minimum Gasteiger partial charge on any atom is -0.462 e. The number of esters is 3. The van der Waals surface area contributed by atoms with E-state index < -0.39 is 6.10 Å². The summed E-state index contributed by atoms with van der Waals surface area (Å²) in [5.41, 5.74) is 0. The summed E-state index contributed by atoms with van der Waals surface area (Å²) < 4.78 is 16.8. The molecule has 0 aliphatic rings. The van der Waals surface area contributed by atoms with Crippen molar-refractivity contribution in [2.24, 2.45) is 0 Å². The summed E-state index contributed by atoms with van der Waals surface area (Å²) in [6.07, 6.45) is 73.6. The van der Waals surface area contributed by atoms with Gasteiger partial charge in [0.2, 0.25) is 0 Å². The molecule has 6 heteroatoms. The van der Waals surface area contributed by atoms with Gasteiger partial charge in [-0.2, -0.15) is 0 Å². The lowest BCUT2D eigenvalue weighted by Crippen LogP contribution is -2.30. The van der Waals surface area contributed by atoms with Gasteiger partial charge in [-0.3, -0.25) is 14.4 Å². The quantitative estimate of drug-likeness (QED) is 0.0262. The molecule has 0 radical (unpaired) electrons. The highest BCUT2D eigenvalue weighted by atomic mass is 16.6. The second-order valence-electron chi connectivity index (χ2n) is 17.7. The Morgan fingerprint density at radius 1 is 0.313 bits per heavy atom. The fraction of sp³-hybridized carbons (Fsp3) is 0.656. The number of carbonyl (C=O) groups excluding carboxylic acids is 3. The van der Waals surface area contributed by atoms with Gasteiger partial charge in [0.05, 0.1) is 0 Å². The number of rotatable bonds is 48. The van der Waals surface area contributed by atoms with Crippen LogP contribution < -0.4 is 0 Å². The van der Waals surface area contributed by atoms with Crippen LogP contribution in [0.4, 0.5) is 0 Å². The van der Waals surface area contributed by atoms with Crippen LogP contribution in [0.3, 0.4) is 0 Å². The van der Waals surface area contributed by atoms with Gasteiger partial charge >= 0.3 is 17.9 Å². The Hall–Kier alpha value is -3.93. The van der Waals surface area contributed by atoms with Gasteiger partial charge in [0.1, 0.15) is 13.2 Å². The van der Waals surface area contributed by atoms with E-state index in [0.29, 0.717) is 19.3 Å². The lowest BCUT2D eigenvalue weighted by Gasteiger charge is -2.18. The predicted octanol–water partition coefficient (Wildman–Crippen LogP) is 18.3. The third kappa shape index (κ3) is 52.9. The molecule has 380 valence electrons. The van der Waals surface area contributed by atoms with Gasteiger partial charge in [-0.15, -0.1) is 0 Å². The molecule has 0 bridgehead atoms. The molecule has 0 aromatic heterocycles. The van der Waals surface area contributed by atoms with Crippen LogP contribution in [0.5, 0.6) is 0 Å². The first-order valence-electron chi connectivity index (χ1n) is 27.4. The van der Waals surface area contributed by atoms with Crippen molar-refractivity contribution in [3.05, 3.63) is 109 Å². The lowest BCUT2D eigenvalue weighted by atomic mass is 10.1. The maximum Gasteiger partial charge on any atom is 0.306 e. The third-order valence-electron chi connectivity index (χ3n) is 11.2. The van der Waals surface area contributed by atoms with Gasteiger partial charge in [-0.1, -0.05) is 201 Å². The van der Waals surface area contributed by atoms with E-state index in [-0.39, 0.29) is 37.5 Å². The summed E-state index contributed by atoms with van der Waals surface area (Å²) in [6, 6.07) is 0. The van der Waals surface area contributed by atoms with Gasteiger partial charge in [-0.05, 0) is 128 Å². The molecule has 0 heterocycles. The van der Waals surface area contributed by atoms with Crippen LogP contribution in [0.25, 0.3) is 0 Å². The molecule has 0 saturated carbocycles. The molecule has 0 rings (SSSR count). The Balaban J connectivity index is 4.53. The van der Waals surface area contributed by atoms with E-state index in [2.05, 4.69) is 130 Å². The fourth-order valence-corrected chi connectivity index (χ4v) is 7.12. The van der Waals surface area contributed by atoms with Crippen molar-refractivity contribution in [1.29, 1.82) is 0 Å². The van der Waals surface area contributed by atoms with E-state index in [9.17, 15) is 14.4 Å². The molecule has 0 spiro atoms. The van der Waals surface area contributed by atoms with Crippen molar-refractivity contribution in [2.45, 2.75) is 245 Å². The lowest BCUT2D eigenvalue weighted by molar-refractivity contribution is -0.167. The minimum atomic E-state index is -0.817. The monoisotopic (exact) mass is 929 g/mol. The van der Waals surface area contributed by atoms with Crippen LogP contribution >= 0.6 is 0 Å². The molecule has 67 heavy (non-hydrogen) atoms. The van der Waals surface area contributed by atoms with E-state index in [1.54, 1.807) is 0 Å². The summed E-state index contributed by atoms with van der Waals surface area (Å²) in [6.45, 7) is 6.42. The molecule has 0 aliphatic carbocycles. The molecule has 1 atom stereocenters. The van der Waals surface area contributed by atoms with Crippen molar-refractivity contribution >= 4 is 17.9 Å². The van der Waals surface area contributed by atoms with Crippen LogP contribution in [0.1, 0.15) is 239 Å². The second kappa shape index (κ2) is 54.7. The zero-order valence-corrected chi connectivity index (χ0v) is 43.4. The standard InChI is InChI=1S/C61H100O6/c1-4-7-10-13-16-19-22-25-28-29-30-31-34-36-39-42-45-48-51-54-60(63)66-57-58(67-61(64)55-52-49-46-43-40-37-33-27-24-21-18-15-12-9-6-3)56-65-59(62)53-50-47-44-41-38-35-32-26-23-20-17-14-11-8-5-2/h7,10,16,18-19,21,25-28,30-33,36,39-40,43,58H,4-6,8-9,11-15,17,20,22-24,29,34-35,37-38,41-42,44-57H2,1-3H3/b10-7-,19-16-,21-18-,28-25-,31-30-,32-26-,33-27-,39-36-,43-40-/t58-/m0/s1. The molecular weight excluding hydrogens is 829 g/mol. The van der Waals surface area contributed by atoms with Crippen LogP contribution in [0, 0.1) is 0 Å². The van der Waals surface area contributed by atoms with E-state index in [4.69, 9.17) is 14.2 Å². The average Bonchev–Trinajstić information content (AvgIpc) is 3.33. The highest BCUT2D eigenvalue weighted by Crippen LogP contribution is 2.13. The molecule has 0 saturated heterocycles. The van der Waals surface area contributed by atoms with E-state index >= 15 is 0 Å². The van der Waals surface area contributed by atoms with E-state index in [1.807, 2.05) is 0 Å². The number of hydrogen-bond donors (Lipinski definition) is 0. The number of allylic oxidation sites excluding steroid dienone is 18. The number of hydrogen-bond acceptors (Lipinski definition) is 6. The van der Waals surface area contributed by atoms with Crippen molar-refractivity contribution in [1.82, 2.24) is 0 Å². The maximum absolute atomic E-state index is 12.8. The van der Waals surface area contributed by atoms with Crippen molar-refractivity contribution in [2.75, 3.05) is 13.2 Å². The molecule has 0 amide bonds. The maximum atomic E-state index is 12.8. The summed E-state index contributed by atoms with van der Waals surface area (Å²) in [4.78, 5) is 38.1. The SMILES string of the molecule is CC/C=C\C/C=C\C/C=C\C/C=C\C/C=C\CCCCCC(=O)OC[C@H](COC(=O)CCCCCCC/C=C\CCCCCCCC)OC(=O)CCCC/C=C\C/C=C\C/C=C\CCCCC. The molecule has 0 unspecified atom stereocenters. The Bertz CT molecular complexity index is 1390. The first-order valence-corrected chi connectivity index (χ1v) is 27.4. The predicted molar refractivity (Wildman–Crippen MR) is 288 cm³/mol. The molecular formula is C61H100O6. The van der Waals surface area contributed by atoms with Gasteiger partial charge < -0.3 is 14.2 Å². The number of unbranched alkanes of at least 4 members (excludes halogenated alkanes) is 19. The highest BCUT2D eigenvalue weighted by Gasteiger charge is 2.19. The number of ether oxygens (including phenoxy) is 3. The Kier molecular flexibility index (Phi) is 51.5. The normalized spacial score (nSPS) is 12.9. The van der Waals surface area contributed by atoms with Gasteiger partial charge in [0.15, 0.2) is 6.10 Å². The van der Waals surface area contributed by atoms with Crippen LogP contribution in [-0.4, -0.2) is 37.2 Å². The first kappa shape index (κ1) is 63.1. The highest BCUT2D eigenvalue weighted by molar-refractivity contribution is 5.71. The number of carbonyl (C=O) groups is 3. The van der Waals surface area contributed by atoms with Gasteiger partial charge in [0.25, 0.3) is 0 Å². The minimum absolute atomic E-state index is 0.110. The summed E-state index contributed by atoms with van der Waals surface area (Å²) >= 11 is 0. The van der Waals surface area contributed by atoms with Crippen molar-refractivity contribution < 1.29 is 28.6 Å². The molecule has 0 N–H and O–H groups in total. The van der Waals surface area contributed by atoms with E-state index in [0.717, 1.165) is 116 Å². The van der Waals surface area contributed by atoms with Gasteiger partial charge in [0, 0.05) is 19.3 Å². The molecule has 6 nitrogen and oxygen atoms in total.